The summed E-state index contributed by atoms with van der Waals surface area (Å²) >= 11 is 7.22. The highest BCUT2D eigenvalue weighted by Gasteiger charge is 2.57. The number of β-lactam (4-membered cyclic amide) rings is 1. The Morgan fingerprint density at radius 2 is 2.03 bits per heavy atom. The molecule has 1 saturated heterocycles. The molecule has 2 aliphatic heterocycles. The van der Waals surface area contributed by atoms with Gasteiger partial charge in [0.2, 0.25) is 11.0 Å². The first-order valence-electron chi connectivity index (χ1n) is 11.1. The molecule has 7 nitrogen and oxygen atoms in total. The average Bonchev–Trinajstić information content (AvgIpc) is 3.12. The fraction of sp³-hybridized carbons (Fsp3) is 0.545. The van der Waals surface area contributed by atoms with Crippen molar-refractivity contribution in [1.29, 1.82) is 0 Å². The van der Waals surface area contributed by atoms with E-state index in [1.807, 2.05) is 13.8 Å². The Morgan fingerprint density at radius 3 is 2.66 bits per heavy atom. The van der Waals surface area contributed by atoms with Gasteiger partial charge in [0.1, 0.15) is 17.7 Å². The van der Waals surface area contributed by atoms with Crippen LogP contribution in [0, 0.1) is 16.0 Å². The molecule has 0 N–H and O–H groups in total. The molecule has 2 aliphatic rings. The van der Waals surface area contributed by atoms with Crippen LogP contribution in [0.3, 0.4) is 0 Å². The Bertz CT molecular complexity index is 893. The lowest BCUT2D eigenvalue weighted by molar-refractivity contribution is -0.384. The van der Waals surface area contributed by atoms with Crippen LogP contribution >= 0.6 is 24.0 Å². The lowest BCUT2D eigenvalue weighted by atomic mass is 9.92. The number of nitro groups is 1. The molecule has 0 aromatic heterocycles. The molecule has 0 spiro atoms. The Hall–Kier alpha value is -1.75. The molecule has 174 valence electrons. The number of ether oxygens (including phenoxy) is 1. The van der Waals surface area contributed by atoms with Crippen LogP contribution in [0.2, 0.25) is 6.04 Å². The van der Waals surface area contributed by atoms with E-state index in [1.165, 1.54) is 31.4 Å². The summed E-state index contributed by atoms with van der Waals surface area (Å²) < 4.78 is 11.9. The number of benzene rings is 1. The molecule has 3 atom stereocenters. The maximum atomic E-state index is 13.0. The summed E-state index contributed by atoms with van der Waals surface area (Å²) in [5.74, 6) is -0.0903. The maximum Gasteiger partial charge on any atom is 0.269 e. The zero-order chi connectivity index (χ0) is 23.3. The van der Waals surface area contributed by atoms with Crippen molar-refractivity contribution >= 4 is 50.4 Å². The van der Waals surface area contributed by atoms with Gasteiger partial charge in [-0.15, -0.1) is 11.8 Å². The van der Waals surface area contributed by atoms with Crippen molar-refractivity contribution < 1.29 is 18.9 Å². The lowest BCUT2D eigenvalue weighted by Gasteiger charge is -2.45. The summed E-state index contributed by atoms with van der Waals surface area (Å²) in [6.45, 7) is 6.45. The minimum Gasteiger partial charge on any atom is -0.477 e. The predicted molar refractivity (Wildman–Crippen MR) is 133 cm³/mol. The highest BCUT2D eigenvalue weighted by atomic mass is 32.2. The quantitative estimate of drug-likeness (QED) is 0.104. The Balaban J connectivity index is 1.57. The molecule has 2 heterocycles. The van der Waals surface area contributed by atoms with E-state index in [0.29, 0.717) is 10.7 Å². The first kappa shape index (κ1) is 24.9. The van der Waals surface area contributed by atoms with Crippen molar-refractivity contribution in [3.8, 4) is 0 Å². The zero-order valence-corrected chi connectivity index (χ0v) is 21.8. The second-order valence-electron chi connectivity index (χ2n) is 8.00. The number of thioether (sulfide) groups is 1. The second-order valence-corrected chi connectivity index (χ2v) is 11.0. The number of carbonyl (C=O) groups excluding carboxylic acids is 1. The van der Waals surface area contributed by atoms with E-state index in [2.05, 4.69) is 6.92 Å². The van der Waals surface area contributed by atoms with Crippen LogP contribution in [0.1, 0.15) is 52.0 Å². The molecular formula is C22H30N2O5S2Si. The third-order valence-electron chi connectivity index (χ3n) is 5.77. The fourth-order valence-electron chi connectivity index (χ4n) is 3.91. The third-order valence-corrected chi connectivity index (χ3v) is 9.14. The summed E-state index contributed by atoms with van der Waals surface area (Å²) in [4.78, 5) is 26.2. The summed E-state index contributed by atoms with van der Waals surface area (Å²) in [5, 5.41) is 11.1. The monoisotopic (exact) mass is 494 g/mol. The number of hydrogen-bond donors (Lipinski definition) is 0. The van der Waals surface area contributed by atoms with Crippen molar-refractivity contribution in [3.63, 3.8) is 0 Å². The van der Waals surface area contributed by atoms with Crippen LogP contribution < -0.4 is 0 Å². The normalized spacial score (nSPS) is 21.1. The first-order valence-corrected chi connectivity index (χ1v) is 14.0. The van der Waals surface area contributed by atoms with E-state index in [0.717, 1.165) is 22.9 Å². The highest BCUT2D eigenvalue weighted by molar-refractivity contribution is 8.04. The Morgan fingerprint density at radius 1 is 1.31 bits per heavy atom. The number of allylic oxidation sites excluding steroid dienone is 1. The smallest absolute Gasteiger partial charge is 0.269 e. The topological polar surface area (TPSA) is 81.9 Å². The van der Waals surface area contributed by atoms with Gasteiger partial charge in [0.05, 0.1) is 16.9 Å². The fourth-order valence-corrected chi connectivity index (χ4v) is 7.12. The van der Waals surface area contributed by atoms with Crippen LogP contribution in [-0.4, -0.2) is 42.0 Å². The number of non-ortho nitro benzene ring substituents is 1. The van der Waals surface area contributed by atoms with Gasteiger partial charge in [0.15, 0.2) is 9.76 Å². The predicted octanol–water partition coefficient (Wildman–Crippen LogP) is 4.69. The molecule has 0 unspecified atom stereocenters. The van der Waals surface area contributed by atoms with Crippen LogP contribution in [0.25, 0.3) is 0 Å². The van der Waals surface area contributed by atoms with Gasteiger partial charge in [-0.3, -0.25) is 19.8 Å². The van der Waals surface area contributed by atoms with E-state index >= 15 is 0 Å². The summed E-state index contributed by atoms with van der Waals surface area (Å²) in [6, 6.07) is 7.34. The van der Waals surface area contributed by atoms with E-state index in [9.17, 15) is 14.9 Å². The number of hydrogen-bond acceptors (Lipinski definition) is 7. The van der Waals surface area contributed by atoms with Crippen molar-refractivity contribution in [2.45, 2.75) is 70.6 Å². The molecule has 0 bridgehead atoms. The van der Waals surface area contributed by atoms with Gasteiger partial charge in [-0.05, 0) is 49.3 Å². The minimum absolute atomic E-state index is 0.0213. The molecule has 32 heavy (non-hydrogen) atoms. The average molecular weight is 495 g/mol. The van der Waals surface area contributed by atoms with Gasteiger partial charge < -0.3 is 9.16 Å². The molecule has 1 aromatic rings. The lowest BCUT2D eigenvalue weighted by Crippen LogP contribution is -2.61. The number of nitrogens with zero attached hydrogens (tertiary/aromatic N) is 2. The van der Waals surface area contributed by atoms with Gasteiger partial charge in [0.25, 0.3) is 5.69 Å². The molecular weight excluding hydrogens is 464 g/mol. The van der Waals surface area contributed by atoms with Crippen LogP contribution in [0.15, 0.2) is 34.9 Å². The number of thiocarbonyl (C=S) groups is 1. The number of rotatable bonds is 12. The van der Waals surface area contributed by atoms with Gasteiger partial charge >= 0.3 is 0 Å². The van der Waals surface area contributed by atoms with Gasteiger partial charge in [0, 0.05) is 17.0 Å². The van der Waals surface area contributed by atoms with Crippen molar-refractivity contribution in [2.75, 3.05) is 0 Å². The van der Waals surface area contributed by atoms with Gasteiger partial charge in [-0.25, -0.2) is 0 Å². The SMILES string of the molecule is CCCCC[SiH2]O[C@H](C)[C@H]1C(=O)N2C(C(=S)OCc3ccc([N+](=O)[O-])cc3)=C(CC)S[C@H]12. The highest BCUT2D eigenvalue weighted by Crippen LogP contribution is 2.52. The number of fused-ring (bicyclic) bond motifs is 1. The number of nitro benzene ring substituents is 1. The van der Waals surface area contributed by atoms with E-state index < -0.39 is 14.7 Å². The second kappa shape index (κ2) is 11.4. The molecule has 1 amide bonds. The van der Waals surface area contributed by atoms with E-state index in [1.54, 1.807) is 28.8 Å². The van der Waals surface area contributed by atoms with E-state index in [4.69, 9.17) is 21.4 Å². The molecule has 1 aromatic carbocycles. The van der Waals surface area contributed by atoms with Crippen LogP contribution in [-0.2, 0) is 20.6 Å². The Labute approximate surface area is 201 Å². The maximum absolute atomic E-state index is 13.0. The molecule has 1 fully saturated rings. The summed E-state index contributed by atoms with van der Waals surface area (Å²) in [6.07, 6.45) is 4.36. The van der Waals surface area contributed by atoms with Crippen LogP contribution in [0.5, 0.6) is 0 Å². The van der Waals surface area contributed by atoms with Crippen molar-refractivity contribution in [3.05, 3.63) is 50.5 Å². The summed E-state index contributed by atoms with van der Waals surface area (Å²) in [7, 11) is -0.603. The standard InChI is InChI=1S/C22H30N2O5S2Si/c1-4-6-7-12-32-29-14(3)18-20(25)23-19(17(5-2)31-21(18)23)22(30)28-13-15-8-10-16(11-9-15)24(26)27/h8-11,14,18,21H,4-7,12-13,32H2,1-3H3/t14-,18+,21-/m1/s1. The van der Waals surface area contributed by atoms with Gasteiger partial charge in [-0.1, -0.05) is 33.1 Å². The molecule has 10 heteroatoms. The number of unbranched alkanes of at least 4 members (excludes halogenated alkanes) is 2. The van der Waals surface area contributed by atoms with Crippen molar-refractivity contribution in [2.24, 2.45) is 5.92 Å². The molecule has 0 aliphatic carbocycles. The number of carbonyl (C=O) groups is 1. The van der Waals surface area contributed by atoms with Crippen LogP contribution in [0.4, 0.5) is 5.69 Å². The first-order chi connectivity index (χ1) is 15.4. The molecule has 0 radical (unpaired) electrons. The number of amides is 1. The molecule has 0 saturated carbocycles. The molecule has 3 rings (SSSR count). The largest absolute Gasteiger partial charge is 0.477 e. The summed E-state index contributed by atoms with van der Waals surface area (Å²) in [5.41, 5.74) is 1.51. The van der Waals surface area contributed by atoms with Gasteiger partial charge in [-0.2, -0.15) is 0 Å². The van der Waals surface area contributed by atoms with E-state index in [-0.39, 0.29) is 35.6 Å². The third kappa shape index (κ3) is 5.41. The minimum atomic E-state index is -0.603. The van der Waals surface area contributed by atoms with Crippen molar-refractivity contribution in [1.82, 2.24) is 4.90 Å². The Kier molecular flexibility index (Phi) is 8.86. The zero-order valence-electron chi connectivity index (χ0n) is 18.7.